The molecule has 0 radical (unpaired) electrons. The number of nitrogens with one attached hydrogen (secondary N) is 2. The van der Waals surface area contributed by atoms with Gasteiger partial charge in [-0.2, -0.15) is 9.36 Å². The third kappa shape index (κ3) is 8.11. The van der Waals surface area contributed by atoms with E-state index in [9.17, 15) is 9.59 Å². The van der Waals surface area contributed by atoms with Crippen LogP contribution in [0.1, 0.15) is 19.3 Å². The van der Waals surface area contributed by atoms with Gasteiger partial charge in [0.05, 0.1) is 22.9 Å². The van der Waals surface area contributed by atoms with Crippen LogP contribution in [0.15, 0.2) is 71.0 Å². The summed E-state index contributed by atoms with van der Waals surface area (Å²) >= 11 is 2.57. The predicted molar refractivity (Wildman–Crippen MR) is 140 cm³/mol. The first-order valence-corrected chi connectivity index (χ1v) is 13.6. The standard InChI is InChI=1S/C23H26N10O2S2/c34-20(16-36-22-26-28-30-32(22)18-10-4-1-5-11-18)24-14-8-3-9-15-25-21(35)17-37-23-27-29-31-33(23)19-12-6-2-7-13-19/h1-2,4-7,10-13H,3,8-9,14-17H2,(H,24,34)(H,25,35). The fourth-order valence-electron chi connectivity index (χ4n) is 3.24. The Morgan fingerprint density at radius 2 is 1.08 bits per heavy atom. The maximum absolute atomic E-state index is 12.2. The van der Waals surface area contributed by atoms with E-state index in [0.29, 0.717) is 23.4 Å². The van der Waals surface area contributed by atoms with Gasteiger partial charge in [0.1, 0.15) is 0 Å². The molecule has 2 aromatic carbocycles. The molecule has 4 aromatic rings. The lowest BCUT2D eigenvalue weighted by Crippen LogP contribution is -2.27. The molecule has 2 amide bonds. The number of benzene rings is 2. The van der Waals surface area contributed by atoms with Crippen molar-refractivity contribution in [2.24, 2.45) is 0 Å². The van der Waals surface area contributed by atoms with Crippen LogP contribution in [0.3, 0.4) is 0 Å². The normalized spacial score (nSPS) is 10.8. The first-order chi connectivity index (χ1) is 18.2. The van der Waals surface area contributed by atoms with Crippen LogP contribution >= 0.6 is 23.5 Å². The number of hydrogen-bond acceptors (Lipinski definition) is 10. The highest BCUT2D eigenvalue weighted by atomic mass is 32.2. The summed E-state index contributed by atoms with van der Waals surface area (Å²) in [5, 5.41) is 30.3. The molecule has 0 aliphatic rings. The SMILES string of the molecule is O=C(CSc1nnnn1-c1ccccc1)NCCCCCNC(=O)CSc1nnnn1-c1ccccc1. The number of rotatable bonds is 14. The highest BCUT2D eigenvalue weighted by Crippen LogP contribution is 2.18. The molecule has 0 unspecified atom stereocenters. The number of thioether (sulfide) groups is 2. The van der Waals surface area contributed by atoms with Crippen LogP contribution in [0.2, 0.25) is 0 Å². The number of amides is 2. The van der Waals surface area contributed by atoms with Crippen molar-refractivity contribution >= 4 is 35.3 Å². The molecule has 0 fully saturated rings. The summed E-state index contributed by atoms with van der Waals surface area (Å²) in [5.74, 6) is 0.315. The van der Waals surface area contributed by atoms with Gasteiger partial charge in [0.2, 0.25) is 22.1 Å². The van der Waals surface area contributed by atoms with Crippen LogP contribution in [0.5, 0.6) is 0 Å². The number of nitrogens with zero attached hydrogens (tertiary/aromatic N) is 8. The molecule has 0 saturated carbocycles. The van der Waals surface area contributed by atoms with Gasteiger partial charge in [0, 0.05) is 13.1 Å². The van der Waals surface area contributed by atoms with Gasteiger partial charge in [-0.25, -0.2) is 0 Å². The van der Waals surface area contributed by atoms with E-state index in [4.69, 9.17) is 0 Å². The molecule has 192 valence electrons. The number of carbonyl (C=O) groups excluding carboxylic acids is 2. The number of tetrazole rings is 2. The van der Waals surface area contributed by atoms with Crippen LogP contribution in [0.4, 0.5) is 0 Å². The van der Waals surface area contributed by atoms with E-state index in [2.05, 4.69) is 41.7 Å². The average Bonchev–Trinajstić information content (AvgIpc) is 3.61. The smallest absolute Gasteiger partial charge is 0.230 e. The minimum atomic E-state index is -0.0733. The van der Waals surface area contributed by atoms with Crippen molar-refractivity contribution in [1.82, 2.24) is 51.0 Å². The van der Waals surface area contributed by atoms with Gasteiger partial charge in [-0.3, -0.25) is 9.59 Å². The molecule has 4 rings (SSSR count). The van der Waals surface area contributed by atoms with E-state index in [-0.39, 0.29) is 23.3 Å². The van der Waals surface area contributed by atoms with E-state index in [1.165, 1.54) is 23.5 Å². The molecular formula is C23H26N10O2S2. The zero-order chi connectivity index (χ0) is 25.7. The van der Waals surface area contributed by atoms with Crippen LogP contribution < -0.4 is 10.6 Å². The van der Waals surface area contributed by atoms with Gasteiger partial charge in [0.15, 0.2) is 0 Å². The van der Waals surface area contributed by atoms with Crippen molar-refractivity contribution < 1.29 is 9.59 Å². The number of carbonyl (C=O) groups is 2. The van der Waals surface area contributed by atoms with Gasteiger partial charge in [0.25, 0.3) is 0 Å². The third-order valence-corrected chi connectivity index (χ3v) is 6.88. The Morgan fingerprint density at radius 1 is 0.649 bits per heavy atom. The molecule has 0 aliphatic heterocycles. The summed E-state index contributed by atoms with van der Waals surface area (Å²) in [6.07, 6.45) is 2.54. The lowest BCUT2D eigenvalue weighted by Gasteiger charge is -2.07. The van der Waals surface area contributed by atoms with Gasteiger partial charge in [-0.1, -0.05) is 59.9 Å². The minimum absolute atomic E-state index is 0.0733. The van der Waals surface area contributed by atoms with Gasteiger partial charge in [-0.15, -0.1) is 10.2 Å². The number of unbranched alkanes of at least 4 members (excludes halogenated alkanes) is 2. The molecule has 37 heavy (non-hydrogen) atoms. The van der Waals surface area contributed by atoms with Crippen LogP contribution in [-0.4, -0.2) is 76.8 Å². The van der Waals surface area contributed by atoms with Gasteiger partial charge >= 0.3 is 0 Å². The molecular weight excluding hydrogens is 512 g/mol. The summed E-state index contributed by atoms with van der Waals surface area (Å²) in [4.78, 5) is 24.3. The van der Waals surface area contributed by atoms with Crippen molar-refractivity contribution in [3.05, 3.63) is 60.7 Å². The Morgan fingerprint density at radius 3 is 1.51 bits per heavy atom. The second kappa shape index (κ2) is 14.1. The average molecular weight is 539 g/mol. The molecule has 0 bridgehead atoms. The molecule has 14 heteroatoms. The van der Waals surface area contributed by atoms with Gasteiger partial charge < -0.3 is 10.6 Å². The molecule has 0 spiro atoms. The summed E-state index contributed by atoms with van der Waals surface area (Å²) in [6, 6.07) is 19.1. The van der Waals surface area contributed by atoms with E-state index < -0.39 is 0 Å². The summed E-state index contributed by atoms with van der Waals surface area (Å²) in [6.45, 7) is 1.16. The Balaban J connectivity index is 1.05. The number of aromatic nitrogens is 8. The second-order valence-electron chi connectivity index (χ2n) is 7.76. The highest BCUT2D eigenvalue weighted by Gasteiger charge is 2.12. The lowest BCUT2D eigenvalue weighted by atomic mass is 10.2. The summed E-state index contributed by atoms with van der Waals surface area (Å²) in [5.41, 5.74) is 1.68. The zero-order valence-corrected chi connectivity index (χ0v) is 21.6. The van der Waals surface area contributed by atoms with Crippen molar-refractivity contribution in [2.75, 3.05) is 24.6 Å². The molecule has 0 atom stereocenters. The fourth-order valence-corrected chi connectivity index (χ4v) is 4.69. The van der Waals surface area contributed by atoms with Gasteiger partial charge in [-0.05, 0) is 64.4 Å². The topological polar surface area (TPSA) is 145 Å². The Kier molecular flexibility index (Phi) is 10.0. The highest BCUT2D eigenvalue weighted by molar-refractivity contribution is 8.00. The zero-order valence-electron chi connectivity index (χ0n) is 19.9. The van der Waals surface area contributed by atoms with Crippen molar-refractivity contribution in [3.63, 3.8) is 0 Å². The van der Waals surface area contributed by atoms with Crippen molar-refractivity contribution in [3.8, 4) is 11.4 Å². The fraction of sp³-hybridized carbons (Fsp3) is 0.304. The molecule has 12 nitrogen and oxygen atoms in total. The Hall–Kier alpha value is -3.78. The van der Waals surface area contributed by atoms with Crippen LogP contribution in [0.25, 0.3) is 11.4 Å². The quantitative estimate of drug-likeness (QED) is 0.180. The first-order valence-electron chi connectivity index (χ1n) is 11.7. The van der Waals surface area contributed by atoms with Crippen LogP contribution in [-0.2, 0) is 9.59 Å². The van der Waals surface area contributed by atoms with E-state index >= 15 is 0 Å². The molecule has 0 saturated heterocycles. The largest absolute Gasteiger partial charge is 0.355 e. The van der Waals surface area contributed by atoms with E-state index in [1.807, 2.05) is 60.7 Å². The summed E-state index contributed by atoms with van der Waals surface area (Å²) in [7, 11) is 0. The van der Waals surface area contributed by atoms with E-state index in [1.54, 1.807) is 9.36 Å². The van der Waals surface area contributed by atoms with Crippen molar-refractivity contribution in [2.45, 2.75) is 29.6 Å². The second-order valence-corrected chi connectivity index (χ2v) is 9.64. The Labute approximate surface area is 222 Å². The van der Waals surface area contributed by atoms with E-state index in [0.717, 1.165) is 30.6 Å². The maximum Gasteiger partial charge on any atom is 0.230 e. The van der Waals surface area contributed by atoms with Crippen LogP contribution in [0, 0.1) is 0 Å². The number of para-hydroxylation sites is 2. The summed E-state index contributed by atoms with van der Waals surface area (Å²) < 4.78 is 3.21. The molecule has 0 aliphatic carbocycles. The maximum atomic E-state index is 12.2. The molecule has 2 aromatic heterocycles. The molecule has 2 heterocycles. The Bertz CT molecular complexity index is 1170. The first kappa shape index (κ1) is 26.3. The van der Waals surface area contributed by atoms with Crippen molar-refractivity contribution in [1.29, 1.82) is 0 Å². The number of hydrogen-bond donors (Lipinski definition) is 2. The third-order valence-electron chi connectivity index (χ3n) is 5.05. The minimum Gasteiger partial charge on any atom is -0.355 e. The lowest BCUT2D eigenvalue weighted by molar-refractivity contribution is -0.119. The molecule has 2 N–H and O–H groups in total. The monoisotopic (exact) mass is 538 g/mol. The predicted octanol–water partition coefficient (Wildman–Crippen LogP) is 1.93.